The molecule has 0 aliphatic heterocycles. The van der Waals surface area contributed by atoms with Gasteiger partial charge in [-0.2, -0.15) is 0 Å². The van der Waals surface area contributed by atoms with Crippen molar-refractivity contribution in [2.24, 2.45) is 5.92 Å². The number of amides is 1. The number of carbonyl (C=O) groups excluding carboxylic acids is 1. The van der Waals surface area contributed by atoms with Gasteiger partial charge >= 0.3 is 0 Å². The van der Waals surface area contributed by atoms with Crippen LogP contribution in [0.15, 0.2) is 17.8 Å². The van der Waals surface area contributed by atoms with Gasteiger partial charge in [-0.05, 0) is 31.6 Å². The van der Waals surface area contributed by atoms with E-state index in [9.17, 15) is 4.79 Å². The minimum absolute atomic E-state index is 0.0475. The Morgan fingerprint density at radius 3 is 2.86 bits per heavy atom. The molecule has 0 unspecified atom stereocenters. The molecule has 3 N–H and O–H groups in total. The van der Waals surface area contributed by atoms with Gasteiger partial charge in [0, 0.05) is 12.6 Å². The largest absolute Gasteiger partial charge is 0.368 e. The molecule has 2 rings (SSSR count). The fourth-order valence-corrected chi connectivity index (χ4v) is 3.28. The highest BCUT2D eigenvalue weighted by molar-refractivity contribution is 7.99. The topological polar surface area (TPSA) is 85.8 Å². The number of nitrogens with one attached hydrogen (secondary N) is 1. The van der Waals surface area contributed by atoms with E-state index in [-0.39, 0.29) is 5.91 Å². The molecule has 0 aromatic carbocycles. The Labute approximate surface area is 129 Å². The molecule has 1 aromatic heterocycles. The average molecular weight is 309 g/mol. The Morgan fingerprint density at radius 1 is 1.48 bits per heavy atom. The molecule has 1 saturated carbocycles. The fourth-order valence-electron chi connectivity index (χ4n) is 2.51. The van der Waals surface area contributed by atoms with Gasteiger partial charge in [-0.15, -0.1) is 16.8 Å². The first-order valence-corrected chi connectivity index (χ1v) is 8.30. The number of rotatable bonds is 6. The highest BCUT2D eigenvalue weighted by Crippen LogP contribution is 2.24. The highest BCUT2D eigenvalue weighted by Gasteiger charge is 2.20. The van der Waals surface area contributed by atoms with Crippen molar-refractivity contribution in [3.63, 3.8) is 0 Å². The van der Waals surface area contributed by atoms with Crippen LogP contribution in [0.5, 0.6) is 0 Å². The molecule has 0 radical (unpaired) electrons. The summed E-state index contributed by atoms with van der Waals surface area (Å²) in [6.07, 6.45) is 6.28. The molecule has 0 bridgehead atoms. The Balaban J connectivity index is 1.80. The zero-order valence-electron chi connectivity index (χ0n) is 12.4. The maximum Gasteiger partial charge on any atom is 0.230 e. The van der Waals surface area contributed by atoms with Crippen LogP contribution in [0.1, 0.15) is 32.6 Å². The van der Waals surface area contributed by atoms with E-state index >= 15 is 0 Å². The summed E-state index contributed by atoms with van der Waals surface area (Å²) in [5, 5.41) is 11.6. The van der Waals surface area contributed by atoms with Gasteiger partial charge in [0.05, 0.1) is 5.75 Å². The van der Waals surface area contributed by atoms with Crippen molar-refractivity contribution in [1.29, 1.82) is 0 Å². The number of nitrogen functional groups attached to an aromatic ring is 1. The van der Waals surface area contributed by atoms with Crippen molar-refractivity contribution in [2.45, 2.75) is 50.4 Å². The van der Waals surface area contributed by atoms with E-state index in [1.807, 2.05) is 0 Å². The smallest absolute Gasteiger partial charge is 0.230 e. The SMILES string of the molecule is C=CCn1c(N)nnc1SCC(=O)NC1CCC(C)CC1. The number of hydrogen-bond acceptors (Lipinski definition) is 5. The molecule has 0 saturated heterocycles. The zero-order valence-corrected chi connectivity index (χ0v) is 13.2. The van der Waals surface area contributed by atoms with Crippen LogP contribution in [0.3, 0.4) is 0 Å². The van der Waals surface area contributed by atoms with Gasteiger partial charge in [0.1, 0.15) is 0 Å². The van der Waals surface area contributed by atoms with E-state index < -0.39 is 0 Å². The third-order valence-electron chi connectivity index (χ3n) is 3.77. The van der Waals surface area contributed by atoms with Gasteiger partial charge in [-0.25, -0.2) is 0 Å². The van der Waals surface area contributed by atoms with Crippen LogP contribution in [-0.2, 0) is 11.3 Å². The zero-order chi connectivity index (χ0) is 15.2. The van der Waals surface area contributed by atoms with Gasteiger partial charge in [-0.3, -0.25) is 9.36 Å². The normalized spacial score (nSPS) is 22.0. The number of anilines is 1. The van der Waals surface area contributed by atoms with Crippen LogP contribution in [0, 0.1) is 5.92 Å². The summed E-state index contributed by atoms with van der Waals surface area (Å²) in [7, 11) is 0. The molecular formula is C14H23N5OS. The molecule has 1 fully saturated rings. The average Bonchev–Trinajstić information content (AvgIpc) is 2.81. The van der Waals surface area contributed by atoms with Crippen molar-refractivity contribution in [2.75, 3.05) is 11.5 Å². The van der Waals surface area contributed by atoms with Crippen molar-refractivity contribution in [1.82, 2.24) is 20.1 Å². The van der Waals surface area contributed by atoms with Crippen LogP contribution in [0.2, 0.25) is 0 Å². The number of nitrogens with two attached hydrogens (primary N) is 1. The Bertz CT molecular complexity index is 494. The predicted molar refractivity (Wildman–Crippen MR) is 84.9 cm³/mol. The highest BCUT2D eigenvalue weighted by atomic mass is 32.2. The molecular weight excluding hydrogens is 286 g/mol. The number of nitrogens with zero attached hydrogens (tertiary/aromatic N) is 3. The number of aromatic nitrogens is 3. The summed E-state index contributed by atoms with van der Waals surface area (Å²) in [5.74, 6) is 1.51. The first-order valence-electron chi connectivity index (χ1n) is 7.32. The monoisotopic (exact) mass is 309 g/mol. The van der Waals surface area contributed by atoms with Crippen LogP contribution < -0.4 is 11.1 Å². The molecule has 21 heavy (non-hydrogen) atoms. The van der Waals surface area contributed by atoms with Crippen molar-refractivity contribution in [3.8, 4) is 0 Å². The number of hydrogen-bond donors (Lipinski definition) is 2. The van der Waals surface area contributed by atoms with Crippen molar-refractivity contribution >= 4 is 23.6 Å². The first kappa shape index (κ1) is 15.9. The third kappa shape index (κ3) is 4.49. The van der Waals surface area contributed by atoms with Gasteiger partial charge in [0.2, 0.25) is 11.9 Å². The van der Waals surface area contributed by atoms with Crippen LogP contribution in [0.25, 0.3) is 0 Å². The third-order valence-corrected chi connectivity index (χ3v) is 4.74. The molecule has 1 aliphatic rings. The Morgan fingerprint density at radius 2 is 2.19 bits per heavy atom. The molecule has 1 aromatic rings. The summed E-state index contributed by atoms with van der Waals surface area (Å²) in [4.78, 5) is 12.0. The molecule has 116 valence electrons. The molecule has 0 spiro atoms. The second kappa shape index (κ2) is 7.49. The summed E-state index contributed by atoms with van der Waals surface area (Å²) >= 11 is 1.35. The lowest BCUT2D eigenvalue weighted by Gasteiger charge is -2.26. The maximum atomic E-state index is 12.0. The van der Waals surface area contributed by atoms with E-state index in [0.717, 1.165) is 18.8 Å². The summed E-state index contributed by atoms with van der Waals surface area (Å²) in [6.45, 7) is 6.49. The standard InChI is InChI=1S/C14H23N5OS/c1-3-8-19-13(15)17-18-14(19)21-9-12(20)16-11-6-4-10(2)5-7-11/h3,10-11H,1,4-9H2,2H3,(H2,15,17)(H,16,20). The van der Waals surface area contributed by atoms with Gasteiger partial charge in [0.15, 0.2) is 5.16 Å². The quantitative estimate of drug-likeness (QED) is 0.618. The van der Waals surface area contributed by atoms with E-state index in [4.69, 9.17) is 5.73 Å². The van der Waals surface area contributed by atoms with Crippen LogP contribution >= 0.6 is 11.8 Å². The molecule has 6 nitrogen and oxygen atoms in total. The summed E-state index contributed by atoms with van der Waals surface area (Å²) < 4.78 is 1.74. The van der Waals surface area contributed by atoms with E-state index in [1.165, 1.54) is 24.6 Å². The molecule has 1 heterocycles. The molecule has 1 aliphatic carbocycles. The molecule has 1 amide bonds. The first-order chi connectivity index (χ1) is 10.1. The molecule has 0 atom stereocenters. The second-order valence-electron chi connectivity index (χ2n) is 5.55. The van der Waals surface area contributed by atoms with E-state index in [2.05, 4.69) is 29.0 Å². The predicted octanol–water partition coefficient (Wildman–Crippen LogP) is 1.83. The Hall–Kier alpha value is -1.50. The number of allylic oxidation sites excluding steroid dienone is 1. The van der Waals surface area contributed by atoms with E-state index in [0.29, 0.717) is 29.4 Å². The number of thioether (sulfide) groups is 1. The Kier molecular flexibility index (Phi) is 5.67. The lowest BCUT2D eigenvalue weighted by atomic mass is 9.87. The minimum atomic E-state index is 0.0475. The summed E-state index contributed by atoms with van der Waals surface area (Å²) in [6, 6.07) is 0.324. The van der Waals surface area contributed by atoms with Crippen LogP contribution in [-0.4, -0.2) is 32.5 Å². The van der Waals surface area contributed by atoms with Crippen LogP contribution in [0.4, 0.5) is 5.95 Å². The lowest BCUT2D eigenvalue weighted by molar-refractivity contribution is -0.119. The van der Waals surface area contributed by atoms with E-state index in [1.54, 1.807) is 10.6 Å². The van der Waals surface area contributed by atoms with Gasteiger partial charge < -0.3 is 11.1 Å². The minimum Gasteiger partial charge on any atom is -0.368 e. The van der Waals surface area contributed by atoms with Gasteiger partial charge in [-0.1, -0.05) is 24.8 Å². The molecule has 7 heteroatoms. The summed E-state index contributed by atoms with van der Waals surface area (Å²) in [5.41, 5.74) is 5.72. The fraction of sp³-hybridized carbons (Fsp3) is 0.643. The van der Waals surface area contributed by atoms with Gasteiger partial charge in [0.25, 0.3) is 0 Å². The van der Waals surface area contributed by atoms with Crippen molar-refractivity contribution < 1.29 is 4.79 Å². The second-order valence-corrected chi connectivity index (χ2v) is 6.50. The number of carbonyl (C=O) groups is 1. The van der Waals surface area contributed by atoms with Crippen molar-refractivity contribution in [3.05, 3.63) is 12.7 Å². The lowest BCUT2D eigenvalue weighted by Crippen LogP contribution is -2.38. The maximum absolute atomic E-state index is 12.0.